The highest BCUT2D eigenvalue weighted by molar-refractivity contribution is 7.92. The Morgan fingerprint density at radius 1 is 0.789 bits per heavy atom. The van der Waals surface area contributed by atoms with Crippen molar-refractivity contribution in [2.75, 3.05) is 26.3 Å². The summed E-state index contributed by atoms with van der Waals surface area (Å²) < 4.78 is 32.6. The predicted octanol–water partition coefficient (Wildman–Crippen LogP) is 3.19. The van der Waals surface area contributed by atoms with Crippen molar-refractivity contribution in [2.45, 2.75) is 35.6 Å². The second kappa shape index (κ2) is 13.2. The molecule has 1 saturated heterocycles. The maximum Gasteiger partial charge on any atom is 0.318 e. The molecule has 3 amide bonds. The minimum absolute atomic E-state index is 0.135. The Morgan fingerprint density at radius 2 is 1.34 bits per heavy atom. The standard InChI is InChI=1S/C29H33N3O5S/c33-28(26(22-24-12-6-2-7-13-24)30-29(34)32-18-20-37-21-19-32)31-27(17-16-23-10-4-1-5-11-23)38(35,36)25-14-8-3-9-15-25/h1-15,26-27H,16-22H2,(H,30,34)(H,31,33)/t26-,27+/m0/s1. The van der Waals surface area contributed by atoms with Crippen LogP contribution in [0.3, 0.4) is 0 Å². The summed E-state index contributed by atoms with van der Waals surface area (Å²) >= 11 is 0. The molecule has 0 spiro atoms. The molecule has 0 aromatic heterocycles. The predicted molar refractivity (Wildman–Crippen MR) is 145 cm³/mol. The van der Waals surface area contributed by atoms with E-state index in [4.69, 9.17) is 4.74 Å². The van der Waals surface area contributed by atoms with Gasteiger partial charge in [0.05, 0.1) is 18.1 Å². The molecule has 38 heavy (non-hydrogen) atoms. The van der Waals surface area contributed by atoms with Gasteiger partial charge in [0, 0.05) is 19.5 Å². The summed E-state index contributed by atoms with van der Waals surface area (Å²) in [6.07, 6.45) is 0.864. The van der Waals surface area contributed by atoms with E-state index in [1.165, 1.54) is 12.1 Å². The quantitative estimate of drug-likeness (QED) is 0.415. The number of nitrogens with one attached hydrogen (secondary N) is 2. The van der Waals surface area contributed by atoms with Gasteiger partial charge in [0.1, 0.15) is 11.4 Å². The summed E-state index contributed by atoms with van der Waals surface area (Å²) in [6.45, 7) is 1.71. The van der Waals surface area contributed by atoms with Gasteiger partial charge in [-0.25, -0.2) is 13.2 Å². The molecule has 1 fully saturated rings. The number of urea groups is 1. The lowest BCUT2D eigenvalue weighted by Crippen LogP contribution is -2.56. The number of aryl methyl sites for hydroxylation is 1. The average Bonchev–Trinajstić information content (AvgIpc) is 2.96. The van der Waals surface area contributed by atoms with Crippen LogP contribution in [0.5, 0.6) is 0 Å². The van der Waals surface area contributed by atoms with Crippen LogP contribution >= 0.6 is 0 Å². The lowest BCUT2D eigenvalue weighted by molar-refractivity contribution is -0.123. The highest BCUT2D eigenvalue weighted by Crippen LogP contribution is 2.19. The van der Waals surface area contributed by atoms with E-state index in [0.29, 0.717) is 32.7 Å². The Kier molecular flexibility index (Phi) is 9.51. The van der Waals surface area contributed by atoms with Gasteiger partial charge in [-0.2, -0.15) is 0 Å². The zero-order valence-corrected chi connectivity index (χ0v) is 22.0. The molecule has 0 unspecified atom stereocenters. The summed E-state index contributed by atoms with van der Waals surface area (Å²) in [5, 5.41) is 4.43. The van der Waals surface area contributed by atoms with Gasteiger partial charge in [0.15, 0.2) is 9.84 Å². The van der Waals surface area contributed by atoms with Crippen molar-refractivity contribution in [1.82, 2.24) is 15.5 Å². The molecular weight excluding hydrogens is 502 g/mol. The Balaban J connectivity index is 1.56. The van der Waals surface area contributed by atoms with Gasteiger partial charge < -0.3 is 20.3 Å². The Labute approximate surface area is 223 Å². The number of hydrogen-bond acceptors (Lipinski definition) is 5. The molecule has 0 aliphatic carbocycles. The first-order valence-corrected chi connectivity index (χ1v) is 14.3. The Bertz CT molecular complexity index is 1280. The molecule has 1 heterocycles. The number of carbonyl (C=O) groups is 2. The van der Waals surface area contributed by atoms with Crippen LogP contribution in [-0.4, -0.2) is 63.0 Å². The van der Waals surface area contributed by atoms with E-state index >= 15 is 0 Å². The van der Waals surface area contributed by atoms with Crippen LogP contribution in [-0.2, 0) is 32.2 Å². The monoisotopic (exact) mass is 535 g/mol. The summed E-state index contributed by atoms with van der Waals surface area (Å²) in [6, 6.07) is 25.6. The van der Waals surface area contributed by atoms with E-state index in [-0.39, 0.29) is 23.8 Å². The third-order valence-corrected chi connectivity index (χ3v) is 8.51. The van der Waals surface area contributed by atoms with Crippen LogP contribution in [0.15, 0.2) is 95.9 Å². The Hall–Kier alpha value is -3.69. The molecule has 0 saturated carbocycles. The number of carbonyl (C=O) groups excluding carboxylic acids is 2. The number of morpholine rings is 1. The van der Waals surface area contributed by atoms with E-state index in [0.717, 1.165) is 11.1 Å². The second-order valence-corrected chi connectivity index (χ2v) is 11.3. The highest BCUT2D eigenvalue weighted by Gasteiger charge is 2.32. The molecule has 2 atom stereocenters. The van der Waals surface area contributed by atoms with Crippen molar-refractivity contribution in [1.29, 1.82) is 0 Å². The molecule has 8 nitrogen and oxygen atoms in total. The third kappa shape index (κ3) is 7.43. The highest BCUT2D eigenvalue weighted by atomic mass is 32.2. The zero-order valence-electron chi connectivity index (χ0n) is 21.2. The van der Waals surface area contributed by atoms with Crippen LogP contribution in [0.1, 0.15) is 17.5 Å². The van der Waals surface area contributed by atoms with Crippen LogP contribution in [0.2, 0.25) is 0 Å². The number of rotatable bonds is 10. The van der Waals surface area contributed by atoms with Gasteiger partial charge in [-0.05, 0) is 36.1 Å². The number of nitrogens with zero attached hydrogens (tertiary/aromatic N) is 1. The van der Waals surface area contributed by atoms with Crippen molar-refractivity contribution in [3.63, 3.8) is 0 Å². The molecule has 0 bridgehead atoms. The molecule has 3 aromatic carbocycles. The van der Waals surface area contributed by atoms with Gasteiger partial charge in [0.2, 0.25) is 5.91 Å². The van der Waals surface area contributed by atoms with Gasteiger partial charge in [-0.1, -0.05) is 78.9 Å². The fourth-order valence-corrected chi connectivity index (χ4v) is 5.91. The van der Waals surface area contributed by atoms with Crippen molar-refractivity contribution in [2.24, 2.45) is 0 Å². The summed E-state index contributed by atoms with van der Waals surface area (Å²) in [5.41, 5.74) is 1.82. The molecule has 9 heteroatoms. The molecule has 3 aromatic rings. The normalized spacial score (nSPS) is 15.3. The molecule has 4 rings (SSSR count). The first-order chi connectivity index (χ1) is 18.4. The largest absolute Gasteiger partial charge is 0.378 e. The van der Waals surface area contributed by atoms with Crippen LogP contribution in [0.25, 0.3) is 0 Å². The number of ether oxygens (including phenoxy) is 1. The molecule has 1 aliphatic heterocycles. The lowest BCUT2D eigenvalue weighted by atomic mass is 10.0. The first-order valence-electron chi connectivity index (χ1n) is 12.7. The summed E-state index contributed by atoms with van der Waals surface area (Å²) in [7, 11) is -3.89. The van der Waals surface area contributed by atoms with Crippen LogP contribution < -0.4 is 10.6 Å². The third-order valence-electron chi connectivity index (χ3n) is 6.48. The summed E-state index contributed by atoms with van der Waals surface area (Å²) in [5.74, 6) is -0.548. The first kappa shape index (κ1) is 27.3. The zero-order chi connectivity index (χ0) is 26.8. The second-order valence-electron chi connectivity index (χ2n) is 9.17. The molecule has 200 valence electrons. The van der Waals surface area contributed by atoms with E-state index in [9.17, 15) is 18.0 Å². The van der Waals surface area contributed by atoms with E-state index in [1.807, 2.05) is 60.7 Å². The van der Waals surface area contributed by atoms with Crippen molar-refractivity contribution >= 4 is 21.8 Å². The fourth-order valence-electron chi connectivity index (χ4n) is 4.35. The van der Waals surface area contributed by atoms with Crippen molar-refractivity contribution in [3.05, 3.63) is 102 Å². The average molecular weight is 536 g/mol. The number of hydrogen-bond donors (Lipinski definition) is 2. The minimum atomic E-state index is -3.89. The van der Waals surface area contributed by atoms with Crippen molar-refractivity contribution in [3.8, 4) is 0 Å². The molecule has 1 aliphatic rings. The Morgan fingerprint density at radius 3 is 1.95 bits per heavy atom. The molecule has 0 radical (unpaired) electrons. The van der Waals surface area contributed by atoms with Gasteiger partial charge in [-0.3, -0.25) is 4.79 Å². The fraction of sp³-hybridized carbons (Fsp3) is 0.310. The van der Waals surface area contributed by atoms with Gasteiger partial charge >= 0.3 is 6.03 Å². The van der Waals surface area contributed by atoms with E-state index in [1.54, 1.807) is 23.1 Å². The maximum atomic E-state index is 13.6. The number of sulfone groups is 1. The van der Waals surface area contributed by atoms with Crippen LogP contribution in [0, 0.1) is 0 Å². The van der Waals surface area contributed by atoms with Gasteiger partial charge in [-0.15, -0.1) is 0 Å². The lowest BCUT2D eigenvalue weighted by Gasteiger charge is -2.30. The SMILES string of the molecule is O=C(N[C@@H](CCc1ccccc1)S(=O)(=O)c1ccccc1)[C@H](Cc1ccccc1)NC(=O)N1CCOCC1. The van der Waals surface area contributed by atoms with Gasteiger partial charge in [0.25, 0.3) is 0 Å². The van der Waals surface area contributed by atoms with E-state index in [2.05, 4.69) is 10.6 Å². The number of amides is 3. The van der Waals surface area contributed by atoms with Crippen LogP contribution in [0.4, 0.5) is 4.79 Å². The maximum absolute atomic E-state index is 13.6. The molecule has 2 N–H and O–H groups in total. The van der Waals surface area contributed by atoms with E-state index < -0.39 is 27.2 Å². The number of benzene rings is 3. The smallest absolute Gasteiger partial charge is 0.318 e. The topological polar surface area (TPSA) is 105 Å². The molecular formula is C29H33N3O5S. The van der Waals surface area contributed by atoms with Crippen molar-refractivity contribution < 1.29 is 22.7 Å². The summed E-state index contributed by atoms with van der Waals surface area (Å²) in [4.78, 5) is 28.3. The minimum Gasteiger partial charge on any atom is -0.378 e.